The molecule has 0 atom stereocenters. The Morgan fingerprint density at radius 2 is 2.00 bits per heavy atom. The highest BCUT2D eigenvalue weighted by atomic mass is 79.9. The number of aromatic nitrogens is 2. The van der Waals surface area contributed by atoms with Gasteiger partial charge < -0.3 is 14.6 Å². The number of H-pyrrole nitrogens is 1. The van der Waals surface area contributed by atoms with Crippen molar-refractivity contribution in [3.05, 3.63) is 58.8 Å². The van der Waals surface area contributed by atoms with E-state index in [0.29, 0.717) is 24.5 Å². The zero-order valence-corrected chi connectivity index (χ0v) is 14.7. The van der Waals surface area contributed by atoms with Crippen LogP contribution in [0, 0.1) is 0 Å². The fraction of sp³-hybridized carbons (Fsp3) is 0.167. The lowest BCUT2D eigenvalue weighted by atomic mass is 10.1. The third-order valence-corrected chi connectivity index (χ3v) is 4.77. The van der Waals surface area contributed by atoms with Crippen molar-refractivity contribution < 1.29 is 14.3 Å². The highest BCUT2D eigenvalue weighted by molar-refractivity contribution is 9.10. The van der Waals surface area contributed by atoms with Gasteiger partial charge in [0.1, 0.15) is 6.10 Å². The van der Waals surface area contributed by atoms with E-state index < -0.39 is 11.7 Å². The highest BCUT2D eigenvalue weighted by Crippen LogP contribution is 2.25. The van der Waals surface area contributed by atoms with Gasteiger partial charge in [-0.2, -0.15) is 0 Å². The second-order valence-corrected chi connectivity index (χ2v) is 6.67. The molecule has 3 aromatic rings. The molecular weight excluding hydrogens is 386 g/mol. The molecule has 126 valence electrons. The summed E-state index contributed by atoms with van der Waals surface area (Å²) in [7, 11) is 0. The van der Waals surface area contributed by atoms with Crippen molar-refractivity contribution in [2.24, 2.45) is 0 Å². The lowest BCUT2D eigenvalue weighted by Crippen LogP contribution is -2.57. The Kier molecular flexibility index (Phi) is 4.01. The zero-order valence-electron chi connectivity index (χ0n) is 13.1. The normalized spacial score (nSPS) is 14.4. The summed E-state index contributed by atoms with van der Waals surface area (Å²) in [5.74, 6) is -0.526. The summed E-state index contributed by atoms with van der Waals surface area (Å²) in [5, 5.41) is 0.756. The van der Waals surface area contributed by atoms with E-state index >= 15 is 0 Å². The maximum absolute atomic E-state index is 12.5. The summed E-state index contributed by atoms with van der Waals surface area (Å²) >= 11 is 3.37. The van der Waals surface area contributed by atoms with E-state index in [1.165, 1.54) is 4.90 Å². The summed E-state index contributed by atoms with van der Waals surface area (Å²) in [6.07, 6.45) is 3.07. The number of hydrogen-bond acceptors (Lipinski definition) is 4. The number of ketones is 1. The number of benzene rings is 1. The summed E-state index contributed by atoms with van der Waals surface area (Å²) in [6.45, 7) is 0.742. The molecule has 1 N–H and O–H groups in total. The molecule has 1 aliphatic heterocycles. The van der Waals surface area contributed by atoms with Crippen LogP contribution in [0.4, 0.5) is 0 Å². The van der Waals surface area contributed by atoms with Gasteiger partial charge in [0.2, 0.25) is 5.88 Å². The first-order chi connectivity index (χ1) is 12.1. The molecule has 2 aromatic heterocycles. The largest absolute Gasteiger partial charge is 0.470 e. The summed E-state index contributed by atoms with van der Waals surface area (Å²) in [4.78, 5) is 33.6. The van der Waals surface area contributed by atoms with Gasteiger partial charge in [-0.1, -0.05) is 18.2 Å². The number of hydrogen-bond donors (Lipinski definition) is 1. The van der Waals surface area contributed by atoms with Crippen LogP contribution in [-0.2, 0) is 4.79 Å². The molecule has 7 heteroatoms. The van der Waals surface area contributed by atoms with Crippen molar-refractivity contribution in [1.82, 2.24) is 14.9 Å². The van der Waals surface area contributed by atoms with E-state index in [4.69, 9.17) is 4.74 Å². The van der Waals surface area contributed by atoms with E-state index in [0.717, 1.165) is 15.4 Å². The van der Waals surface area contributed by atoms with Crippen LogP contribution in [0.25, 0.3) is 10.9 Å². The molecule has 1 amide bonds. The van der Waals surface area contributed by atoms with Crippen LogP contribution in [0.5, 0.6) is 5.88 Å². The summed E-state index contributed by atoms with van der Waals surface area (Å²) in [6, 6.07) is 11.1. The number of likely N-dealkylation sites (tertiary alicyclic amines) is 1. The Labute approximate surface area is 151 Å². The van der Waals surface area contributed by atoms with Gasteiger partial charge in [0.05, 0.1) is 23.1 Å². The predicted molar refractivity (Wildman–Crippen MR) is 95.6 cm³/mol. The van der Waals surface area contributed by atoms with Gasteiger partial charge in [-0.25, -0.2) is 4.98 Å². The number of rotatable bonds is 4. The smallest absolute Gasteiger partial charge is 0.295 e. The Bertz CT molecular complexity index is 963. The van der Waals surface area contributed by atoms with Gasteiger partial charge in [0, 0.05) is 23.3 Å². The maximum Gasteiger partial charge on any atom is 0.295 e. The summed E-state index contributed by atoms with van der Waals surface area (Å²) < 4.78 is 6.49. The Morgan fingerprint density at radius 3 is 2.80 bits per heavy atom. The van der Waals surface area contributed by atoms with E-state index in [1.54, 1.807) is 18.5 Å². The summed E-state index contributed by atoms with van der Waals surface area (Å²) in [5.41, 5.74) is 1.24. The fourth-order valence-electron chi connectivity index (χ4n) is 2.81. The maximum atomic E-state index is 12.5. The van der Waals surface area contributed by atoms with Crippen LogP contribution in [0.3, 0.4) is 0 Å². The lowest BCUT2D eigenvalue weighted by Gasteiger charge is -2.38. The van der Waals surface area contributed by atoms with E-state index in [1.807, 2.05) is 30.3 Å². The first kappa shape index (κ1) is 15.8. The topological polar surface area (TPSA) is 75.3 Å². The SMILES string of the molecule is O=C(C(=O)N1CC(Oc2ncccc2Br)C1)c1c[nH]c2ccccc12. The number of pyridine rings is 1. The molecule has 0 unspecified atom stereocenters. The molecular formula is C18H14BrN3O3. The monoisotopic (exact) mass is 399 g/mol. The number of nitrogens with zero attached hydrogens (tertiary/aromatic N) is 2. The molecule has 4 rings (SSSR count). The second kappa shape index (κ2) is 6.33. The number of Topliss-reactive ketones (excluding diaryl/α,β-unsaturated/α-hetero) is 1. The Hall–Kier alpha value is -2.67. The number of fused-ring (bicyclic) bond motifs is 1. The number of para-hydroxylation sites is 1. The van der Waals surface area contributed by atoms with Crippen molar-refractivity contribution in [1.29, 1.82) is 0 Å². The van der Waals surface area contributed by atoms with E-state index in [-0.39, 0.29) is 6.10 Å². The van der Waals surface area contributed by atoms with Gasteiger partial charge in [-0.05, 0) is 34.1 Å². The molecule has 0 spiro atoms. The van der Waals surface area contributed by atoms with Crippen molar-refractivity contribution >= 4 is 38.5 Å². The molecule has 0 saturated carbocycles. The molecule has 1 aromatic carbocycles. The number of nitrogens with one attached hydrogen (secondary N) is 1. The minimum Gasteiger partial charge on any atom is -0.470 e. The Balaban J connectivity index is 1.41. The molecule has 1 fully saturated rings. The van der Waals surface area contributed by atoms with Gasteiger partial charge in [-0.15, -0.1) is 0 Å². The second-order valence-electron chi connectivity index (χ2n) is 5.82. The average molecular weight is 400 g/mol. The number of halogens is 1. The van der Waals surface area contributed by atoms with Crippen molar-refractivity contribution in [3.63, 3.8) is 0 Å². The van der Waals surface area contributed by atoms with Crippen LogP contribution in [0.1, 0.15) is 10.4 Å². The molecule has 0 radical (unpaired) electrons. The fourth-order valence-corrected chi connectivity index (χ4v) is 3.16. The lowest BCUT2D eigenvalue weighted by molar-refractivity contribution is -0.135. The number of carbonyl (C=O) groups is 2. The third kappa shape index (κ3) is 2.91. The number of amides is 1. The molecule has 1 aliphatic rings. The standard InChI is InChI=1S/C18H14BrN3O3/c19-14-5-3-7-20-17(14)25-11-9-22(10-11)18(24)16(23)13-8-21-15-6-2-1-4-12(13)15/h1-8,11,21H,9-10H2. The highest BCUT2D eigenvalue weighted by Gasteiger charge is 2.36. The quantitative estimate of drug-likeness (QED) is 0.540. The van der Waals surface area contributed by atoms with E-state index in [2.05, 4.69) is 25.9 Å². The molecule has 25 heavy (non-hydrogen) atoms. The van der Waals surface area contributed by atoms with Crippen LogP contribution in [0.15, 0.2) is 53.3 Å². The first-order valence-electron chi connectivity index (χ1n) is 7.80. The third-order valence-electron chi connectivity index (χ3n) is 4.17. The van der Waals surface area contributed by atoms with Crippen LogP contribution < -0.4 is 4.74 Å². The van der Waals surface area contributed by atoms with Crippen molar-refractivity contribution in [2.45, 2.75) is 6.10 Å². The van der Waals surface area contributed by atoms with Crippen LogP contribution >= 0.6 is 15.9 Å². The average Bonchev–Trinajstić information content (AvgIpc) is 3.02. The van der Waals surface area contributed by atoms with Crippen molar-refractivity contribution in [2.75, 3.05) is 13.1 Å². The molecule has 0 aliphatic carbocycles. The number of ether oxygens (including phenoxy) is 1. The van der Waals surface area contributed by atoms with Crippen LogP contribution in [-0.4, -0.2) is 45.8 Å². The first-order valence-corrected chi connectivity index (χ1v) is 8.59. The number of aromatic amines is 1. The molecule has 0 bridgehead atoms. The van der Waals surface area contributed by atoms with Crippen LogP contribution in [0.2, 0.25) is 0 Å². The Morgan fingerprint density at radius 1 is 1.20 bits per heavy atom. The molecule has 3 heterocycles. The predicted octanol–water partition coefficient (Wildman–Crippen LogP) is 2.80. The minimum absolute atomic E-state index is 0.161. The number of carbonyl (C=O) groups excluding carboxylic acids is 2. The van der Waals surface area contributed by atoms with Gasteiger partial charge in [-0.3, -0.25) is 9.59 Å². The van der Waals surface area contributed by atoms with Crippen molar-refractivity contribution in [3.8, 4) is 5.88 Å². The zero-order chi connectivity index (χ0) is 17.4. The van der Waals surface area contributed by atoms with Gasteiger partial charge >= 0.3 is 0 Å². The minimum atomic E-state index is -0.510. The van der Waals surface area contributed by atoms with Gasteiger partial charge in [0.15, 0.2) is 0 Å². The molecule has 1 saturated heterocycles. The van der Waals surface area contributed by atoms with E-state index in [9.17, 15) is 9.59 Å². The molecule has 6 nitrogen and oxygen atoms in total. The van der Waals surface area contributed by atoms with Gasteiger partial charge in [0.25, 0.3) is 11.7 Å².